The van der Waals surface area contributed by atoms with Crippen LogP contribution in [0, 0.1) is 18.8 Å². The van der Waals surface area contributed by atoms with E-state index in [-0.39, 0.29) is 6.10 Å². The molecular formula is C15H25NOS. The maximum Gasteiger partial charge on any atom is 0.0897 e. The first kappa shape index (κ1) is 14.0. The lowest BCUT2D eigenvalue weighted by Crippen LogP contribution is -2.27. The van der Waals surface area contributed by atoms with Crippen LogP contribution in [-0.2, 0) is 6.42 Å². The molecule has 2 rings (SSSR count). The lowest BCUT2D eigenvalue weighted by Gasteiger charge is -2.31. The standard InChI is InChI=1S/C15H25NOS/c1-3-4-12-5-7-13(8-6-12)15(17)9-14-10-18-11(2)16-14/h10,12-13,15,17H,3-9H2,1-2H3. The summed E-state index contributed by atoms with van der Waals surface area (Å²) < 4.78 is 0. The van der Waals surface area contributed by atoms with Crippen LogP contribution >= 0.6 is 11.3 Å². The second-order valence-electron chi connectivity index (χ2n) is 5.70. The second kappa shape index (κ2) is 6.67. The minimum absolute atomic E-state index is 0.186. The second-order valence-corrected chi connectivity index (χ2v) is 6.76. The number of aromatic nitrogens is 1. The van der Waals surface area contributed by atoms with E-state index in [0.717, 1.165) is 23.0 Å². The summed E-state index contributed by atoms with van der Waals surface area (Å²) in [5.74, 6) is 1.42. The fourth-order valence-electron chi connectivity index (χ4n) is 3.15. The Kier molecular flexibility index (Phi) is 5.19. The maximum absolute atomic E-state index is 10.3. The number of hydrogen-bond acceptors (Lipinski definition) is 3. The van der Waals surface area contributed by atoms with Crippen molar-refractivity contribution in [2.24, 2.45) is 11.8 Å². The van der Waals surface area contributed by atoms with Crippen molar-refractivity contribution >= 4 is 11.3 Å². The molecule has 1 heterocycles. The van der Waals surface area contributed by atoms with Crippen LogP contribution in [0.4, 0.5) is 0 Å². The van der Waals surface area contributed by atoms with Crippen LogP contribution in [0.15, 0.2) is 5.38 Å². The Morgan fingerprint density at radius 2 is 2.11 bits per heavy atom. The van der Waals surface area contributed by atoms with E-state index in [0.29, 0.717) is 5.92 Å². The number of aliphatic hydroxyl groups excluding tert-OH is 1. The van der Waals surface area contributed by atoms with Crippen molar-refractivity contribution in [3.8, 4) is 0 Å². The summed E-state index contributed by atoms with van der Waals surface area (Å²) in [4.78, 5) is 4.45. The van der Waals surface area contributed by atoms with Crippen molar-refractivity contribution in [1.29, 1.82) is 0 Å². The van der Waals surface area contributed by atoms with E-state index in [2.05, 4.69) is 17.3 Å². The van der Waals surface area contributed by atoms with Crippen molar-refractivity contribution in [3.63, 3.8) is 0 Å². The molecule has 1 aromatic rings. The summed E-state index contributed by atoms with van der Waals surface area (Å²) in [6.45, 7) is 4.29. The molecule has 0 aliphatic heterocycles. The van der Waals surface area contributed by atoms with Crippen molar-refractivity contribution in [2.75, 3.05) is 0 Å². The summed E-state index contributed by atoms with van der Waals surface area (Å²) in [7, 11) is 0. The van der Waals surface area contributed by atoms with E-state index >= 15 is 0 Å². The van der Waals surface area contributed by atoms with Crippen molar-refractivity contribution in [2.45, 2.75) is 64.9 Å². The first-order valence-electron chi connectivity index (χ1n) is 7.28. The molecule has 1 aliphatic carbocycles. The van der Waals surface area contributed by atoms with Gasteiger partial charge in [-0.2, -0.15) is 0 Å². The number of aliphatic hydroxyl groups is 1. The Hall–Kier alpha value is -0.410. The van der Waals surface area contributed by atoms with Crippen LogP contribution in [0.2, 0.25) is 0 Å². The van der Waals surface area contributed by atoms with E-state index in [4.69, 9.17) is 0 Å². The molecule has 1 unspecified atom stereocenters. The van der Waals surface area contributed by atoms with E-state index in [1.54, 1.807) is 11.3 Å². The topological polar surface area (TPSA) is 33.1 Å². The fraction of sp³-hybridized carbons (Fsp3) is 0.800. The molecule has 0 bridgehead atoms. The van der Waals surface area contributed by atoms with E-state index < -0.39 is 0 Å². The highest BCUT2D eigenvalue weighted by Gasteiger charge is 2.26. The Morgan fingerprint density at radius 1 is 1.39 bits per heavy atom. The number of rotatable bonds is 5. The summed E-state index contributed by atoms with van der Waals surface area (Å²) in [5, 5.41) is 13.5. The van der Waals surface area contributed by atoms with Crippen molar-refractivity contribution in [1.82, 2.24) is 4.98 Å². The highest BCUT2D eigenvalue weighted by Crippen LogP contribution is 2.34. The minimum Gasteiger partial charge on any atom is -0.392 e. The van der Waals surface area contributed by atoms with Crippen LogP contribution in [0.1, 0.15) is 56.2 Å². The van der Waals surface area contributed by atoms with Crippen LogP contribution in [0.25, 0.3) is 0 Å². The molecule has 102 valence electrons. The van der Waals surface area contributed by atoms with Gasteiger partial charge in [0.1, 0.15) is 0 Å². The van der Waals surface area contributed by atoms with Crippen LogP contribution in [0.5, 0.6) is 0 Å². The van der Waals surface area contributed by atoms with Crippen LogP contribution in [-0.4, -0.2) is 16.2 Å². The number of nitrogens with zero attached hydrogens (tertiary/aromatic N) is 1. The SMILES string of the molecule is CCCC1CCC(C(O)Cc2csc(C)n2)CC1. The Balaban J connectivity index is 1.78. The average Bonchev–Trinajstić information content (AvgIpc) is 2.76. The summed E-state index contributed by atoms with van der Waals surface area (Å²) in [6, 6.07) is 0. The normalized spacial score (nSPS) is 26.2. The molecule has 1 aromatic heterocycles. The molecule has 1 atom stereocenters. The first-order chi connectivity index (χ1) is 8.69. The van der Waals surface area contributed by atoms with Gasteiger partial charge >= 0.3 is 0 Å². The zero-order chi connectivity index (χ0) is 13.0. The zero-order valence-corrected chi connectivity index (χ0v) is 12.4. The molecule has 0 saturated heterocycles. The minimum atomic E-state index is -0.186. The summed E-state index contributed by atoms with van der Waals surface area (Å²) >= 11 is 1.68. The van der Waals surface area contributed by atoms with Gasteiger partial charge in [-0.3, -0.25) is 0 Å². The maximum atomic E-state index is 10.3. The van der Waals surface area contributed by atoms with Gasteiger partial charge in [0.2, 0.25) is 0 Å². The van der Waals surface area contributed by atoms with E-state index in [1.165, 1.54) is 38.5 Å². The third-order valence-electron chi connectivity index (χ3n) is 4.22. The predicted octanol–water partition coefficient (Wildman–Crippen LogP) is 3.96. The van der Waals surface area contributed by atoms with Crippen molar-refractivity contribution in [3.05, 3.63) is 16.1 Å². The summed E-state index contributed by atoms with van der Waals surface area (Å²) in [5.41, 5.74) is 1.07. The van der Waals surface area contributed by atoms with Gasteiger partial charge in [-0.15, -0.1) is 11.3 Å². The molecular weight excluding hydrogens is 242 g/mol. The van der Waals surface area contributed by atoms with Crippen LogP contribution < -0.4 is 0 Å². The molecule has 1 saturated carbocycles. The van der Waals surface area contributed by atoms with Gasteiger partial charge in [-0.1, -0.05) is 32.6 Å². The molecule has 0 radical (unpaired) electrons. The monoisotopic (exact) mass is 267 g/mol. The Morgan fingerprint density at radius 3 is 2.67 bits per heavy atom. The van der Waals surface area contributed by atoms with E-state index in [9.17, 15) is 5.11 Å². The third-order valence-corrected chi connectivity index (χ3v) is 5.04. The van der Waals surface area contributed by atoms with Gasteiger partial charge in [0.15, 0.2) is 0 Å². The molecule has 1 N–H and O–H groups in total. The molecule has 2 nitrogen and oxygen atoms in total. The number of aryl methyl sites for hydroxylation is 1. The molecule has 0 spiro atoms. The smallest absolute Gasteiger partial charge is 0.0897 e. The summed E-state index contributed by atoms with van der Waals surface area (Å²) in [6.07, 6.45) is 8.26. The zero-order valence-electron chi connectivity index (χ0n) is 11.6. The third kappa shape index (κ3) is 3.79. The highest BCUT2D eigenvalue weighted by molar-refractivity contribution is 7.09. The first-order valence-corrected chi connectivity index (χ1v) is 8.16. The molecule has 0 amide bonds. The Bertz CT molecular complexity index is 355. The molecule has 18 heavy (non-hydrogen) atoms. The lowest BCUT2D eigenvalue weighted by atomic mass is 9.77. The Labute approximate surface area is 114 Å². The van der Waals surface area contributed by atoms with Gasteiger partial charge in [0, 0.05) is 11.8 Å². The molecule has 1 fully saturated rings. The van der Waals surface area contributed by atoms with Gasteiger partial charge in [-0.25, -0.2) is 4.98 Å². The van der Waals surface area contributed by atoms with Gasteiger partial charge in [0.25, 0.3) is 0 Å². The van der Waals surface area contributed by atoms with Crippen LogP contribution in [0.3, 0.4) is 0 Å². The van der Waals surface area contributed by atoms with Crippen molar-refractivity contribution < 1.29 is 5.11 Å². The lowest BCUT2D eigenvalue weighted by molar-refractivity contribution is 0.0722. The quantitative estimate of drug-likeness (QED) is 0.876. The fourth-order valence-corrected chi connectivity index (χ4v) is 3.78. The highest BCUT2D eigenvalue weighted by atomic mass is 32.1. The van der Waals surface area contributed by atoms with Gasteiger partial charge in [0.05, 0.1) is 16.8 Å². The average molecular weight is 267 g/mol. The molecule has 3 heteroatoms. The molecule has 0 aromatic carbocycles. The largest absolute Gasteiger partial charge is 0.392 e. The van der Waals surface area contributed by atoms with Gasteiger partial charge < -0.3 is 5.11 Å². The molecule has 1 aliphatic rings. The number of thiazole rings is 1. The predicted molar refractivity (Wildman–Crippen MR) is 76.9 cm³/mol. The van der Waals surface area contributed by atoms with Gasteiger partial charge in [-0.05, 0) is 31.6 Å². The number of hydrogen-bond donors (Lipinski definition) is 1. The van der Waals surface area contributed by atoms with E-state index in [1.807, 2.05) is 6.92 Å².